The average molecular weight is 354 g/mol. The fraction of sp³-hybridized carbons (Fsp3) is 0.765. The van der Waals surface area contributed by atoms with Crippen LogP contribution in [0, 0.1) is 0 Å². The van der Waals surface area contributed by atoms with Crippen LogP contribution in [0.4, 0.5) is 0 Å². The number of β-amino-alcohol motifs (C(OH)–C–C–N with tert-alkyl or cyclic N) is 1. The van der Waals surface area contributed by atoms with E-state index in [2.05, 4.69) is 20.1 Å². The third-order valence-corrected chi connectivity index (χ3v) is 4.13. The number of aromatic nitrogens is 1. The van der Waals surface area contributed by atoms with Gasteiger partial charge in [-0.2, -0.15) is 0 Å². The molecule has 0 aromatic carbocycles. The number of hydrogen-bond acceptors (Lipinski definition) is 7. The SMILES string of the molecule is CCCNC(=O)c1coc(CN2CCN(C[C@H](O)COCC)CC2)n1. The number of aliphatic hydroxyl groups excluding tert-OH is 1. The Morgan fingerprint density at radius 2 is 2.08 bits per heavy atom. The van der Waals surface area contributed by atoms with E-state index in [1.807, 2.05) is 13.8 Å². The molecule has 1 aromatic rings. The first-order chi connectivity index (χ1) is 12.1. The Morgan fingerprint density at radius 3 is 2.76 bits per heavy atom. The molecule has 1 fully saturated rings. The van der Waals surface area contributed by atoms with Crippen LogP contribution in [0.15, 0.2) is 10.7 Å². The van der Waals surface area contributed by atoms with Gasteiger partial charge in [0.15, 0.2) is 5.69 Å². The maximum atomic E-state index is 11.8. The predicted octanol–water partition coefficient (Wildman–Crippen LogP) is 0.329. The second-order valence-corrected chi connectivity index (χ2v) is 6.27. The van der Waals surface area contributed by atoms with E-state index in [0.29, 0.717) is 44.4 Å². The smallest absolute Gasteiger partial charge is 0.273 e. The highest BCUT2D eigenvalue weighted by Gasteiger charge is 2.21. The zero-order valence-electron chi connectivity index (χ0n) is 15.2. The molecule has 0 saturated carbocycles. The summed E-state index contributed by atoms with van der Waals surface area (Å²) in [6, 6.07) is 0. The van der Waals surface area contributed by atoms with Gasteiger partial charge in [0.05, 0.1) is 19.3 Å². The van der Waals surface area contributed by atoms with Gasteiger partial charge in [0, 0.05) is 45.9 Å². The molecule has 8 heteroatoms. The van der Waals surface area contributed by atoms with Crippen molar-refractivity contribution in [3.8, 4) is 0 Å². The molecule has 1 aliphatic heterocycles. The second kappa shape index (κ2) is 10.5. The Kier molecular flexibility index (Phi) is 8.33. The quantitative estimate of drug-likeness (QED) is 0.626. The van der Waals surface area contributed by atoms with E-state index in [1.165, 1.54) is 6.26 Å². The molecule has 2 rings (SSSR count). The monoisotopic (exact) mass is 354 g/mol. The van der Waals surface area contributed by atoms with E-state index < -0.39 is 6.10 Å². The van der Waals surface area contributed by atoms with Crippen molar-refractivity contribution in [3.63, 3.8) is 0 Å². The number of carbonyl (C=O) groups is 1. The molecule has 0 aliphatic carbocycles. The van der Waals surface area contributed by atoms with Gasteiger partial charge in [0.2, 0.25) is 5.89 Å². The number of ether oxygens (including phenoxy) is 1. The molecule has 1 amide bonds. The number of nitrogens with one attached hydrogen (secondary N) is 1. The number of nitrogens with zero attached hydrogens (tertiary/aromatic N) is 3. The number of rotatable bonds is 10. The van der Waals surface area contributed by atoms with E-state index in [4.69, 9.17) is 9.15 Å². The number of carbonyl (C=O) groups excluding carboxylic acids is 1. The minimum absolute atomic E-state index is 0.190. The molecule has 1 saturated heterocycles. The van der Waals surface area contributed by atoms with Gasteiger partial charge in [-0.1, -0.05) is 6.92 Å². The molecular weight excluding hydrogens is 324 g/mol. The normalized spacial score (nSPS) is 17.6. The van der Waals surface area contributed by atoms with Gasteiger partial charge in [-0.05, 0) is 13.3 Å². The van der Waals surface area contributed by atoms with Crippen molar-refractivity contribution in [2.45, 2.75) is 32.9 Å². The van der Waals surface area contributed by atoms with Gasteiger partial charge in [0.1, 0.15) is 6.26 Å². The highest BCUT2D eigenvalue weighted by molar-refractivity contribution is 5.91. The summed E-state index contributed by atoms with van der Waals surface area (Å²) < 4.78 is 10.7. The topological polar surface area (TPSA) is 91.1 Å². The van der Waals surface area contributed by atoms with E-state index >= 15 is 0 Å². The fourth-order valence-electron chi connectivity index (χ4n) is 2.74. The van der Waals surface area contributed by atoms with Crippen molar-refractivity contribution < 1.29 is 19.1 Å². The van der Waals surface area contributed by atoms with E-state index in [1.54, 1.807) is 0 Å². The highest BCUT2D eigenvalue weighted by Crippen LogP contribution is 2.09. The molecule has 0 unspecified atom stereocenters. The zero-order chi connectivity index (χ0) is 18.1. The zero-order valence-corrected chi connectivity index (χ0v) is 15.2. The standard InChI is InChI=1S/C17H30N4O4/c1-3-5-18-17(23)15-13-25-16(19-15)11-21-8-6-20(7-9-21)10-14(22)12-24-4-2/h13-14,22H,3-12H2,1-2H3,(H,18,23)/t14-/m0/s1. The molecule has 1 aliphatic rings. The summed E-state index contributed by atoms with van der Waals surface area (Å²) in [6.45, 7) is 10.3. The van der Waals surface area contributed by atoms with Gasteiger partial charge in [-0.15, -0.1) is 0 Å². The van der Waals surface area contributed by atoms with Crippen LogP contribution in [0.2, 0.25) is 0 Å². The fourth-order valence-corrected chi connectivity index (χ4v) is 2.74. The molecule has 25 heavy (non-hydrogen) atoms. The van der Waals surface area contributed by atoms with Crippen molar-refractivity contribution in [1.82, 2.24) is 20.1 Å². The van der Waals surface area contributed by atoms with Crippen molar-refractivity contribution in [2.24, 2.45) is 0 Å². The van der Waals surface area contributed by atoms with Crippen molar-refractivity contribution in [2.75, 3.05) is 52.5 Å². The summed E-state index contributed by atoms with van der Waals surface area (Å²) in [7, 11) is 0. The summed E-state index contributed by atoms with van der Waals surface area (Å²) in [5.74, 6) is 0.372. The highest BCUT2D eigenvalue weighted by atomic mass is 16.5. The van der Waals surface area contributed by atoms with Crippen molar-refractivity contribution >= 4 is 5.91 Å². The van der Waals surface area contributed by atoms with Crippen molar-refractivity contribution in [3.05, 3.63) is 17.8 Å². The first-order valence-electron chi connectivity index (χ1n) is 9.05. The van der Waals surface area contributed by atoms with E-state index in [-0.39, 0.29) is 5.91 Å². The number of oxazole rings is 1. The van der Waals surface area contributed by atoms with E-state index in [0.717, 1.165) is 32.6 Å². The maximum absolute atomic E-state index is 11.8. The largest absolute Gasteiger partial charge is 0.447 e. The average Bonchev–Trinajstić information content (AvgIpc) is 3.08. The first kappa shape index (κ1) is 19.8. The van der Waals surface area contributed by atoms with Gasteiger partial charge in [0.25, 0.3) is 5.91 Å². The molecular formula is C17H30N4O4. The Balaban J connectivity index is 1.71. The molecule has 2 N–H and O–H groups in total. The molecule has 8 nitrogen and oxygen atoms in total. The Morgan fingerprint density at radius 1 is 1.36 bits per heavy atom. The lowest BCUT2D eigenvalue weighted by molar-refractivity contribution is 0.00949. The van der Waals surface area contributed by atoms with Gasteiger partial charge in [-0.25, -0.2) is 4.98 Å². The lowest BCUT2D eigenvalue weighted by atomic mass is 10.2. The molecule has 1 aromatic heterocycles. The second-order valence-electron chi connectivity index (χ2n) is 6.27. The van der Waals surface area contributed by atoms with Crippen LogP contribution in [0.5, 0.6) is 0 Å². The predicted molar refractivity (Wildman–Crippen MR) is 93.3 cm³/mol. The summed E-state index contributed by atoms with van der Waals surface area (Å²) in [5.41, 5.74) is 0.334. The lowest BCUT2D eigenvalue weighted by Crippen LogP contribution is -2.48. The van der Waals surface area contributed by atoms with Crippen LogP contribution < -0.4 is 5.32 Å². The van der Waals surface area contributed by atoms with Crippen LogP contribution in [0.25, 0.3) is 0 Å². The molecule has 1 atom stereocenters. The minimum atomic E-state index is -0.442. The number of hydrogen-bond donors (Lipinski definition) is 2. The van der Waals surface area contributed by atoms with Crippen LogP contribution in [0.1, 0.15) is 36.6 Å². The van der Waals surface area contributed by atoms with Crippen molar-refractivity contribution in [1.29, 1.82) is 0 Å². The lowest BCUT2D eigenvalue weighted by Gasteiger charge is -2.34. The molecule has 0 radical (unpaired) electrons. The third kappa shape index (κ3) is 6.74. The minimum Gasteiger partial charge on any atom is -0.447 e. The summed E-state index contributed by atoms with van der Waals surface area (Å²) in [4.78, 5) is 20.6. The van der Waals surface area contributed by atoms with Crippen LogP contribution in [-0.4, -0.2) is 84.4 Å². The van der Waals surface area contributed by atoms with Crippen LogP contribution in [0.3, 0.4) is 0 Å². The molecule has 0 spiro atoms. The number of amides is 1. The number of aliphatic hydroxyl groups is 1. The van der Waals surface area contributed by atoms with Crippen LogP contribution in [-0.2, 0) is 11.3 Å². The van der Waals surface area contributed by atoms with Gasteiger partial charge in [-0.3, -0.25) is 14.6 Å². The van der Waals surface area contributed by atoms with Gasteiger partial charge < -0.3 is 19.6 Å². The molecule has 0 bridgehead atoms. The summed E-state index contributed by atoms with van der Waals surface area (Å²) in [6.07, 6.45) is 1.86. The maximum Gasteiger partial charge on any atom is 0.273 e. The Labute approximate surface area is 149 Å². The van der Waals surface area contributed by atoms with Gasteiger partial charge >= 0.3 is 0 Å². The van der Waals surface area contributed by atoms with E-state index in [9.17, 15) is 9.90 Å². The first-order valence-corrected chi connectivity index (χ1v) is 9.05. The summed E-state index contributed by atoms with van der Waals surface area (Å²) in [5, 5.41) is 12.7. The summed E-state index contributed by atoms with van der Waals surface area (Å²) >= 11 is 0. The molecule has 142 valence electrons. The Hall–Kier alpha value is -1.48. The molecule has 2 heterocycles. The van der Waals surface area contributed by atoms with Crippen LogP contribution >= 0.6 is 0 Å². The number of piperazine rings is 1. The third-order valence-electron chi connectivity index (χ3n) is 4.13. The Bertz CT molecular complexity index is 515.